The van der Waals surface area contributed by atoms with Gasteiger partial charge in [-0.1, -0.05) is 26.7 Å². The molecule has 0 spiro atoms. The number of nitriles is 1. The van der Waals surface area contributed by atoms with Crippen LogP contribution in [0.5, 0.6) is 0 Å². The van der Waals surface area contributed by atoms with Crippen LogP contribution in [0.2, 0.25) is 0 Å². The minimum absolute atomic E-state index is 0.0883. The van der Waals surface area contributed by atoms with E-state index in [4.69, 9.17) is 14.8 Å². The predicted octanol–water partition coefficient (Wildman–Crippen LogP) is 3.02. The Kier molecular flexibility index (Phi) is 8.53. The summed E-state index contributed by atoms with van der Waals surface area (Å²) in [6.45, 7) is 4.72. The summed E-state index contributed by atoms with van der Waals surface area (Å²) in [5, 5.41) is 9.69. The Hall–Kier alpha value is -2.20. The minimum Gasteiger partial charge on any atom is -0.448 e. The molecule has 1 aromatic heterocycles. The van der Waals surface area contributed by atoms with Crippen LogP contribution in [0.4, 0.5) is 10.7 Å². The standard InChI is InChI=1S/C15H22N4O3/c1-3-5-11-21-15(20)19(22-12-6-4-2)14-17-10-8-13(18-14)7-9-16/h8,10H,3-7,11-12H2,1-2H3. The number of rotatable bonds is 9. The second-order valence-electron chi connectivity index (χ2n) is 4.63. The molecule has 0 fully saturated rings. The molecule has 0 saturated heterocycles. The molecule has 1 heterocycles. The summed E-state index contributed by atoms with van der Waals surface area (Å²) in [5.74, 6) is 0.0883. The van der Waals surface area contributed by atoms with Crippen LogP contribution in [0.3, 0.4) is 0 Å². The monoisotopic (exact) mass is 306 g/mol. The second-order valence-corrected chi connectivity index (χ2v) is 4.63. The molecule has 0 bridgehead atoms. The smallest absolute Gasteiger partial charge is 0.441 e. The number of hydroxylamine groups is 1. The quantitative estimate of drug-likeness (QED) is 0.514. The van der Waals surface area contributed by atoms with Crippen LogP contribution in [0.1, 0.15) is 45.2 Å². The first-order valence-electron chi connectivity index (χ1n) is 7.51. The molecule has 1 aromatic rings. The van der Waals surface area contributed by atoms with Crippen molar-refractivity contribution in [3.63, 3.8) is 0 Å². The Morgan fingerprint density at radius 2 is 2.05 bits per heavy atom. The Morgan fingerprint density at radius 1 is 1.32 bits per heavy atom. The molecule has 7 nitrogen and oxygen atoms in total. The van der Waals surface area contributed by atoms with Gasteiger partial charge in [-0.3, -0.25) is 4.84 Å². The third kappa shape index (κ3) is 6.06. The summed E-state index contributed by atoms with van der Waals surface area (Å²) in [6.07, 6.45) is 4.44. The van der Waals surface area contributed by atoms with Crippen molar-refractivity contribution in [2.75, 3.05) is 18.3 Å². The van der Waals surface area contributed by atoms with E-state index in [-0.39, 0.29) is 12.4 Å². The normalized spacial score (nSPS) is 10.0. The van der Waals surface area contributed by atoms with Gasteiger partial charge in [0.2, 0.25) is 0 Å². The third-order valence-electron chi connectivity index (χ3n) is 2.75. The number of nitrogens with zero attached hydrogens (tertiary/aromatic N) is 4. The van der Waals surface area contributed by atoms with Gasteiger partial charge < -0.3 is 4.74 Å². The van der Waals surface area contributed by atoms with Crippen molar-refractivity contribution in [3.05, 3.63) is 18.0 Å². The number of amides is 1. The number of ether oxygens (including phenoxy) is 1. The summed E-state index contributed by atoms with van der Waals surface area (Å²) in [5.41, 5.74) is 0.526. The van der Waals surface area contributed by atoms with Crippen LogP contribution in [0.15, 0.2) is 12.3 Å². The summed E-state index contributed by atoms with van der Waals surface area (Å²) in [6, 6.07) is 3.63. The molecule has 0 aliphatic rings. The molecule has 0 radical (unpaired) electrons. The van der Waals surface area contributed by atoms with E-state index in [1.165, 1.54) is 6.20 Å². The molecular weight excluding hydrogens is 284 g/mol. The van der Waals surface area contributed by atoms with Crippen LogP contribution in [0.25, 0.3) is 0 Å². The lowest BCUT2D eigenvalue weighted by Gasteiger charge is -2.19. The maximum absolute atomic E-state index is 12.1. The third-order valence-corrected chi connectivity index (χ3v) is 2.75. The summed E-state index contributed by atoms with van der Waals surface area (Å²) < 4.78 is 5.15. The number of carbonyl (C=O) groups excluding carboxylic acids is 1. The average Bonchev–Trinajstić information content (AvgIpc) is 2.52. The molecule has 0 aromatic carbocycles. The molecule has 0 atom stereocenters. The lowest BCUT2D eigenvalue weighted by molar-refractivity contribution is 0.0706. The minimum atomic E-state index is -0.640. The fraction of sp³-hybridized carbons (Fsp3) is 0.600. The van der Waals surface area contributed by atoms with E-state index in [1.807, 2.05) is 19.9 Å². The lowest BCUT2D eigenvalue weighted by Crippen LogP contribution is -2.34. The van der Waals surface area contributed by atoms with E-state index in [0.29, 0.717) is 18.9 Å². The molecule has 7 heteroatoms. The van der Waals surface area contributed by atoms with Gasteiger partial charge in [-0.25, -0.2) is 14.8 Å². The van der Waals surface area contributed by atoms with Gasteiger partial charge in [0, 0.05) is 6.20 Å². The number of carbonyl (C=O) groups is 1. The van der Waals surface area contributed by atoms with Crippen LogP contribution in [-0.2, 0) is 16.0 Å². The Morgan fingerprint density at radius 3 is 2.73 bits per heavy atom. The van der Waals surface area contributed by atoms with Crippen molar-refractivity contribution in [2.45, 2.75) is 46.0 Å². The zero-order chi connectivity index (χ0) is 16.2. The van der Waals surface area contributed by atoms with Crippen molar-refractivity contribution in [3.8, 4) is 6.07 Å². The number of hydrogen-bond donors (Lipinski definition) is 0. The van der Waals surface area contributed by atoms with Gasteiger partial charge in [0.15, 0.2) is 0 Å². The Labute approximate surface area is 130 Å². The van der Waals surface area contributed by atoms with E-state index in [1.54, 1.807) is 6.07 Å². The predicted molar refractivity (Wildman–Crippen MR) is 80.9 cm³/mol. The Bertz CT molecular complexity index is 502. The average molecular weight is 306 g/mol. The fourth-order valence-corrected chi connectivity index (χ4v) is 1.52. The molecule has 120 valence electrons. The molecule has 1 amide bonds. The highest BCUT2D eigenvalue weighted by atomic mass is 16.7. The van der Waals surface area contributed by atoms with Crippen LogP contribution >= 0.6 is 0 Å². The fourth-order valence-electron chi connectivity index (χ4n) is 1.52. The topological polar surface area (TPSA) is 88.3 Å². The van der Waals surface area contributed by atoms with Gasteiger partial charge in [-0.15, -0.1) is 5.06 Å². The van der Waals surface area contributed by atoms with Gasteiger partial charge in [-0.05, 0) is 18.9 Å². The van der Waals surface area contributed by atoms with E-state index in [0.717, 1.165) is 30.7 Å². The summed E-state index contributed by atoms with van der Waals surface area (Å²) in [7, 11) is 0. The zero-order valence-corrected chi connectivity index (χ0v) is 13.1. The molecule has 0 saturated carbocycles. The number of unbranched alkanes of at least 4 members (excludes halogenated alkanes) is 2. The van der Waals surface area contributed by atoms with E-state index >= 15 is 0 Å². The van der Waals surface area contributed by atoms with Gasteiger partial charge in [0.1, 0.15) is 0 Å². The van der Waals surface area contributed by atoms with Gasteiger partial charge in [-0.2, -0.15) is 5.26 Å². The molecule has 22 heavy (non-hydrogen) atoms. The number of hydrogen-bond acceptors (Lipinski definition) is 6. The van der Waals surface area contributed by atoms with Gasteiger partial charge in [0.05, 0.1) is 31.4 Å². The first kappa shape index (κ1) is 17.9. The van der Waals surface area contributed by atoms with Crippen LogP contribution in [0, 0.1) is 11.3 Å². The number of anilines is 1. The summed E-state index contributed by atoms with van der Waals surface area (Å²) >= 11 is 0. The van der Waals surface area contributed by atoms with Crippen LogP contribution in [-0.4, -0.2) is 29.3 Å². The van der Waals surface area contributed by atoms with Crippen molar-refractivity contribution in [1.29, 1.82) is 5.26 Å². The maximum Gasteiger partial charge on any atom is 0.441 e. The molecule has 0 aliphatic heterocycles. The molecule has 0 unspecified atom stereocenters. The highest BCUT2D eigenvalue weighted by Crippen LogP contribution is 2.11. The zero-order valence-electron chi connectivity index (χ0n) is 13.1. The number of aromatic nitrogens is 2. The van der Waals surface area contributed by atoms with E-state index in [2.05, 4.69) is 9.97 Å². The van der Waals surface area contributed by atoms with E-state index in [9.17, 15) is 4.79 Å². The SMILES string of the molecule is CCCCOC(=O)N(OCCCC)c1nccc(CC#N)n1. The highest BCUT2D eigenvalue weighted by Gasteiger charge is 2.21. The van der Waals surface area contributed by atoms with Gasteiger partial charge >= 0.3 is 6.09 Å². The van der Waals surface area contributed by atoms with Gasteiger partial charge in [0.25, 0.3) is 5.95 Å². The Balaban J connectivity index is 2.81. The maximum atomic E-state index is 12.1. The second kappa shape index (κ2) is 10.5. The van der Waals surface area contributed by atoms with Crippen molar-refractivity contribution >= 4 is 12.0 Å². The first-order valence-corrected chi connectivity index (χ1v) is 7.51. The van der Waals surface area contributed by atoms with Crippen molar-refractivity contribution in [2.24, 2.45) is 0 Å². The molecule has 1 rings (SSSR count). The first-order chi connectivity index (χ1) is 10.7. The molecular formula is C15H22N4O3. The van der Waals surface area contributed by atoms with Crippen molar-refractivity contribution in [1.82, 2.24) is 9.97 Å². The van der Waals surface area contributed by atoms with E-state index < -0.39 is 6.09 Å². The highest BCUT2D eigenvalue weighted by molar-refractivity contribution is 5.82. The lowest BCUT2D eigenvalue weighted by atomic mass is 10.3. The van der Waals surface area contributed by atoms with Crippen molar-refractivity contribution < 1.29 is 14.4 Å². The van der Waals surface area contributed by atoms with Crippen LogP contribution < -0.4 is 5.06 Å². The largest absolute Gasteiger partial charge is 0.448 e. The summed E-state index contributed by atoms with van der Waals surface area (Å²) in [4.78, 5) is 25.7. The molecule has 0 aliphatic carbocycles. The molecule has 0 N–H and O–H groups in total.